The fraction of sp³-hybridized carbons (Fsp3) is 0.100. The highest BCUT2D eigenvalue weighted by Crippen LogP contribution is 2.54. The molecule has 10 aromatic carbocycles. The highest BCUT2D eigenvalue weighted by atomic mass is 16.3. The molecule has 1 aromatic heterocycles. The van der Waals surface area contributed by atoms with Crippen LogP contribution < -0.4 is 4.90 Å². The van der Waals surface area contributed by atoms with Crippen molar-refractivity contribution in [1.29, 1.82) is 0 Å². The zero-order chi connectivity index (χ0) is 41.5. The van der Waals surface area contributed by atoms with E-state index in [1.807, 2.05) is 0 Å². The van der Waals surface area contributed by atoms with Crippen LogP contribution in [0, 0.1) is 0 Å². The van der Waals surface area contributed by atoms with E-state index >= 15 is 0 Å². The van der Waals surface area contributed by atoms with E-state index < -0.39 is 0 Å². The molecule has 0 atom stereocenters. The predicted molar refractivity (Wildman–Crippen MR) is 261 cm³/mol. The molecule has 0 unspecified atom stereocenters. The van der Waals surface area contributed by atoms with Gasteiger partial charge in [0.25, 0.3) is 0 Å². The second-order valence-corrected chi connectivity index (χ2v) is 18.4. The van der Waals surface area contributed by atoms with Crippen LogP contribution in [0.5, 0.6) is 0 Å². The van der Waals surface area contributed by atoms with Crippen LogP contribution in [0.15, 0.2) is 192 Å². The fourth-order valence-electron chi connectivity index (χ4n) is 11.4. The van der Waals surface area contributed by atoms with Crippen molar-refractivity contribution in [2.24, 2.45) is 0 Å². The van der Waals surface area contributed by atoms with Crippen LogP contribution in [0.1, 0.15) is 49.9 Å². The predicted octanol–water partition coefficient (Wildman–Crippen LogP) is 16.8. The number of hydrogen-bond acceptors (Lipinski definition) is 2. The number of benzene rings is 10. The third-order valence-corrected chi connectivity index (χ3v) is 14.4. The largest absolute Gasteiger partial charge is 0.455 e. The summed E-state index contributed by atoms with van der Waals surface area (Å²) in [6.45, 7) is 9.48. The molecule has 2 heteroatoms. The van der Waals surface area contributed by atoms with E-state index in [1.165, 1.54) is 77.0 Å². The lowest BCUT2D eigenvalue weighted by molar-refractivity contribution is 0.660. The molecule has 0 aliphatic heterocycles. The van der Waals surface area contributed by atoms with E-state index in [1.54, 1.807) is 0 Å². The summed E-state index contributed by atoms with van der Waals surface area (Å²) in [7, 11) is 0. The number of rotatable bonds is 4. The third-order valence-electron chi connectivity index (χ3n) is 14.4. The van der Waals surface area contributed by atoms with Gasteiger partial charge in [0.15, 0.2) is 0 Å². The molecule has 2 nitrogen and oxygen atoms in total. The average Bonchev–Trinajstić information content (AvgIpc) is 3.89. The van der Waals surface area contributed by atoms with Crippen molar-refractivity contribution in [3.05, 3.63) is 210 Å². The zero-order valence-corrected chi connectivity index (χ0v) is 35.3. The summed E-state index contributed by atoms with van der Waals surface area (Å²) in [5.74, 6) is 0. The van der Waals surface area contributed by atoms with Gasteiger partial charge in [-0.1, -0.05) is 179 Å². The van der Waals surface area contributed by atoms with Gasteiger partial charge in [0.2, 0.25) is 0 Å². The molecule has 2 aliphatic rings. The summed E-state index contributed by atoms with van der Waals surface area (Å²) in [6, 6.07) is 69.8. The van der Waals surface area contributed by atoms with Gasteiger partial charge in [-0.2, -0.15) is 0 Å². The molecule has 11 aromatic rings. The molecule has 0 spiro atoms. The van der Waals surface area contributed by atoms with Gasteiger partial charge in [-0.25, -0.2) is 0 Å². The Morgan fingerprint density at radius 3 is 1.47 bits per heavy atom. The van der Waals surface area contributed by atoms with Crippen LogP contribution in [0.25, 0.3) is 87.6 Å². The maximum Gasteiger partial charge on any atom is 0.143 e. The van der Waals surface area contributed by atoms with Crippen molar-refractivity contribution in [1.82, 2.24) is 0 Å². The SMILES string of the molecule is CC1(C)c2ccccc2-c2ccc(N(c3ccc4c(c3)C(C)(C)c3ccccc3-4)c3cc(-c4cccc5ccccc45)c4c(c3)oc3c5ccccc5c5ccccc5c34)cc21. The summed E-state index contributed by atoms with van der Waals surface area (Å²) >= 11 is 0. The molecule has 0 N–H and O–H groups in total. The summed E-state index contributed by atoms with van der Waals surface area (Å²) in [6.07, 6.45) is 0. The second-order valence-electron chi connectivity index (χ2n) is 18.4. The maximum absolute atomic E-state index is 7.28. The number of fused-ring (bicyclic) bond motifs is 15. The lowest BCUT2D eigenvalue weighted by Crippen LogP contribution is -2.18. The normalized spacial score (nSPS) is 14.4. The highest BCUT2D eigenvalue weighted by molar-refractivity contribution is 6.32. The quantitative estimate of drug-likeness (QED) is 0.165. The van der Waals surface area contributed by atoms with Gasteiger partial charge in [0.1, 0.15) is 11.2 Å². The van der Waals surface area contributed by atoms with Crippen molar-refractivity contribution >= 4 is 71.3 Å². The Labute approximate surface area is 361 Å². The van der Waals surface area contributed by atoms with Gasteiger partial charge in [0.05, 0.1) is 5.69 Å². The van der Waals surface area contributed by atoms with Crippen molar-refractivity contribution in [2.45, 2.75) is 38.5 Å². The topological polar surface area (TPSA) is 16.4 Å². The smallest absolute Gasteiger partial charge is 0.143 e. The fourth-order valence-corrected chi connectivity index (χ4v) is 11.4. The molecule has 1 heterocycles. The molecule has 0 saturated carbocycles. The third kappa shape index (κ3) is 4.75. The van der Waals surface area contributed by atoms with Crippen LogP contribution >= 0.6 is 0 Å². The molecular weight excluding hydrogens is 751 g/mol. The minimum absolute atomic E-state index is 0.159. The number of anilines is 3. The van der Waals surface area contributed by atoms with Gasteiger partial charge in [-0.15, -0.1) is 0 Å². The van der Waals surface area contributed by atoms with Crippen LogP contribution in [-0.2, 0) is 10.8 Å². The van der Waals surface area contributed by atoms with Crippen LogP contribution in [-0.4, -0.2) is 0 Å². The number of furan rings is 1. The Bertz CT molecular complexity index is 3600. The molecule has 0 bridgehead atoms. The van der Waals surface area contributed by atoms with Crippen molar-refractivity contribution in [3.63, 3.8) is 0 Å². The van der Waals surface area contributed by atoms with E-state index in [9.17, 15) is 0 Å². The molecule has 62 heavy (non-hydrogen) atoms. The Balaban J connectivity index is 1.15. The lowest BCUT2D eigenvalue weighted by atomic mass is 9.82. The van der Waals surface area contributed by atoms with Gasteiger partial charge in [-0.3, -0.25) is 0 Å². The monoisotopic (exact) mass is 793 g/mol. The second kappa shape index (κ2) is 12.6. The molecule has 0 radical (unpaired) electrons. The number of hydrogen-bond donors (Lipinski definition) is 0. The number of nitrogens with zero attached hydrogens (tertiary/aromatic N) is 1. The van der Waals surface area contributed by atoms with E-state index in [4.69, 9.17) is 4.42 Å². The zero-order valence-electron chi connectivity index (χ0n) is 35.3. The minimum Gasteiger partial charge on any atom is -0.455 e. The van der Waals surface area contributed by atoms with E-state index in [0.29, 0.717) is 0 Å². The standard InChI is InChI=1S/C60H43NO/c1-59(2)51-26-13-11-21-44(51)46-30-28-37(33-53(46)59)61(38-29-31-47-45-22-12-14-27-52(45)60(3,4)54(47)34-38)39-32-50(41-25-15-17-36-16-5-6-18-40(36)41)56-55(35-39)62-58-49-24-10-8-20-43(49)42-19-7-9-23-48(42)57(56)58/h5-35H,1-4H3. The summed E-state index contributed by atoms with van der Waals surface area (Å²) < 4.78 is 7.28. The molecule has 0 saturated heterocycles. The van der Waals surface area contributed by atoms with Gasteiger partial charge < -0.3 is 9.32 Å². The first-order valence-electron chi connectivity index (χ1n) is 21.8. The first-order chi connectivity index (χ1) is 30.3. The Morgan fingerprint density at radius 2 is 0.823 bits per heavy atom. The highest BCUT2D eigenvalue weighted by Gasteiger charge is 2.38. The maximum atomic E-state index is 7.28. The first kappa shape index (κ1) is 35.3. The molecule has 0 fully saturated rings. The lowest BCUT2D eigenvalue weighted by Gasteiger charge is -2.30. The molecule has 294 valence electrons. The van der Waals surface area contributed by atoms with Gasteiger partial charge in [0, 0.05) is 44.4 Å². The Morgan fingerprint density at radius 1 is 0.339 bits per heavy atom. The summed E-state index contributed by atoms with van der Waals surface area (Å²) in [5, 5.41) is 9.48. The Hall–Kier alpha value is -7.42. The summed E-state index contributed by atoms with van der Waals surface area (Å²) in [5.41, 5.74) is 17.8. The Kier molecular flexibility index (Phi) is 7.16. The minimum atomic E-state index is -0.159. The van der Waals surface area contributed by atoms with Crippen molar-refractivity contribution in [2.75, 3.05) is 4.90 Å². The van der Waals surface area contributed by atoms with Gasteiger partial charge in [-0.05, 0) is 113 Å². The van der Waals surface area contributed by atoms with E-state index in [-0.39, 0.29) is 10.8 Å². The van der Waals surface area contributed by atoms with Crippen LogP contribution in [0.4, 0.5) is 17.1 Å². The van der Waals surface area contributed by atoms with Gasteiger partial charge >= 0.3 is 0 Å². The van der Waals surface area contributed by atoms with Crippen LogP contribution in [0.2, 0.25) is 0 Å². The molecular formula is C60H43NO. The molecule has 0 amide bonds. The van der Waals surface area contributed by atoms with E-state index in [0.717, 1.165) is 50.0 Å². The van der Waals surface area contributed by atoms with E-state index in [2.05, 4.69) is 221 Å². The summed E-state index contributed by atoms with van der Waals surface area (Å²) in [4.78, 5) is 2.48. The average molecular weight is 794 g/mol. The van der Waals surface area contributed by atoms with Crippen LogP contribution in [0.3, 0.4) is 0 Å². The first-order valence-corrected chi connectivity index (χ1v) is 21.8. The van der Waals surface area contributed by atoms with Crippen molar-refractivity contribution in [3.8, 4) is 33.4 Å². The molecule has 2 aliphatic carbocycles. The molecule has 13 rings (SSSR count). The van der Waals surface area contributed by atoms with Crippen molar-refractivity contribution < 1.29 is 4.42 Å².